The van der Waals surface area contributed by atoms with Gasteiger partial charge >= 0.3 is 6.03 Å². The zero-order valence-corrected chi connectivity index (χ0v) is 8.75. The number of amides is 2. The van der Waals surface area contributed by atoms with E-state index in [4.69, 9.17) is 17.3 Å². The quantitative estimate of drug-likeness (QED) is 0.635. The highest BCUT2D eigenvalue weighted by Crippen LogP contribution is 1.96. The first-order chi connectivity index (χ1) is 7.24. The molecule has 0 aliphatic carbocycles. The predicted molar refractivity (Wildman–Crippen MR) is 59.6 cm³/mol. The molecule has 0 aromatic carbocycles. The van der Waals surface area contributed by atoms with E-state index in [0.717, 1.165) is 0 Å². The van der Waals surface area contributed by atoms with Crippen molar-refractivity contribution in [3.05, 3.63) is 30.1 Å². The number of aliphatic hydroxyl groups excluding tert-OH is 1. The largest absolute Gasteiger partial charge is 0.395 e. The molecule has 2 amide bonds. The van der Waals surface area contributed by atoms with Gasteiger partial charge in [0.2, 0.25) is 0 Å². The fraction of sp³-hybridized carbons (Fsp3) is 0.222. The molecule has 0 saturated carbocycles. The van der Waals surface area contributed by atoms with Gasteiger partial charge in [0, 0.05) is 24.5 Å². The first-order valence-electron chi connectivity index (χ1n) is 4.34. The number of thiocarbonyl (C=S) groups is 1. The molecule has 0 bridgehead atoms. The lowest BCUT2D eigenvalue weighted by molar-refractivity contribution is 0.238. The van der Waals surface area contributed by atoms with Crippen molar-refractivity contribution in [1.29, 1.82) is 0 Å². The summed E-state index contributed by atoms with van der Waals surface area (Å²) in [6.45, 7) is 0.0918. The highest BCUT2D eigenvalue weighted by Gasteiger charge is 2.04. The molecule has 0 radical (unpaired) electrons. The summed E-state index contributed by atoms with van der Waals surface area (Å²) in [5.74, 6) is 0. The number of carbonyl (C=O) groups excluding carboxylic acids is 1. The summed E-state index contributed by atoms with van der Waals surface area (Å²) in [6.07, 6.45) is 3.19. The molecule has 0 unspecified atom stereocenters. The Hall–Kier alpha value is -1.53. The van der Waals surface area contributed by atoms with Crippen LogP contribution in [0.1, 0.15) is 5.56 Å². The number of rotatable bonds is 3. The van der Waals surface area contributed by atoms with Crippen LogP contribution in [0, 0.1) is 0 Å². The second-order valence-electron chi connectivity index (χ2n) is 2.68. The standard InChI is InChI=1S/C9H11N3O2S/c13-5-4-11-9(14)12-8(15)7-2-1-3-10-6-7/h1-3,6,13H,4-5H2,(H2,11,12,14,15). The minimum absolute atomic E-state index is 0.104. The third-order valence-corrected chi connectivity index (χ3v) is 1.89. The van der Waals surface area contributed by atoms with Crippen molar-refractivity contribution in [3.63, 3.8) is 0 Å². The fourth-order valence-electron chi connectivity index (χ4n) is 0.886. The number of aliphatic hydroxyl groups is 1. The molecule has 0 aliphatic heterocycles. The zero-order chi connectivity index (χ0) is 11.1. The SMILES string of the molecule is O=C(NCCO)NC(=S)c1cccnc1. The number of nitrogens with one attached hydrogen (secondary N) is 2. The second kappa shape index (κ2) is 6.05. The van der Waals surface area contributed by atoms with Crippen LogP contribution in [0.3, 0.4) is 0 Å². The van der Waals surface area contributed by atoms with Crippen LogP contribution < -0.4 is 10.6 Å². The van der Waals surface area contributed by atoms with E-state index in [1.165, 1.54) is 0 Å². The molecule has 1 aromatic rings. The van der Waals surface area contributed by atoms with Gasteiger partial charge < -0.3 is 10.4 Å². The summed E-state index contributed by atoms with van der Waals surface area (Å²) >= 11 is 4.97. The monoisotopic (exact) mass is 225 g/mol. The van der Waals surface area contributed by atoms with Crippen LogP contribution in [0.4, 0.5) is 4.79 Å². The van der Waals surface area contributed by atoms with Crippen molar-refractivity contribution in [2.75, 3.05) is 13.2 Å². The van der Waals surface area contributed by atoms with Gasteiger partial charge in [-0.15, -0.1) is 0 Å². The van der Waals surface area contributed by atoms with E-state index in [1.54, 1.807) is 24.5 Å². The van der Waals surface area contributed by atoms with Gasteiger partial charge in [0.15, 0.2) is 0 Å². The molecule has 6 heteroatoms. The number of nitrogens with zero attached hydrogens (tertiary/aromatic N) is 1. The molecule has 3 N–H and O–H groups in total. The smallest absolute Gasteiger partial charge is 0.319 e. The summed E-state index contributed by atoms with van der Waals surface area (Å²) in [5, 5.41) is 13.4. The van der Waals surface area contributed by atoms with Crippen LogP contribution in [-0.4, -0.2) is 34.3 Å². The Morgan fingerprint density at radius 1 is 1.60 bits per heavy atom. The Balaban J connectivity index is 2.46. The number of pyridine rings is 1. The Morgan fingerprint density at radius 3 is 3.00 bits per heavy atom. The number of urea groups is 1. The topological polar surface area (TPSA) is 74.2 Å². The van der Waals surface area contributed by atoms with Crippen LogP contribution in [-0.2, 0) is 0 Å². The fourth-order valence-corrected chi connectivity index (χ4v) is 1.10. The van der Waals surface area contributed by atoms with E-state index in [2.05, 4.69) is 15.6 Å². The summed E-state index contributed by atoms with van der Waals surface area (Å²) in [4.78, 5) is 15.3. The third kappa shape index (κ3) is 4.01. The average Bonchev–Trinajstić information content (AvgIpc) is 2.27. The van der Waals surface area contributed by atoms with Gasteiger partial charge in [-0.05, 0) is 12.1 Å². The van der Waals surface area contributed by atoms with Crippen LogP contribution in [0.25, 0.3) is 0 Å². The van der Waals surface area contributed by atoms with Crippen LogP contribution in [0.2, 0.25) is 0 Å². The van der Waals surface area contributed by atoms with E-state index in [1.807, 2.05) is 0 Å². The van der Waals surface area contributed by atoms with Crippen LogP contribution in [0.5, 0.6) is 0 Å². The summed E-state index contributed by atoms with van der Waals surface area (Å²) in [6, 6.07) is 3.05. The Kier molecular flexibility index (Phi) is 4.65. The summed E-state index contributed by atoms with van der Waals surface area (Å²) in [5.41, 5.74) is 0.673. The summed E-state index contributed by atoms with van der Waals surface area (Å²) < 4.78 is 0. The van der Waals surface area contributed by atoms with Gasteiger partial charge in [-0.2, -0.15) is 0 Å². The molecule has 0 atom stereocenters. The molecule has 15 heavy (non-hydrogen) atoms. The number of hydrogen-bond acceptors (Lipinski definition) is 4. The average molecular weight is 225 g/mol. The van der Waals surface area contributed by atoms with Gasteiger partial charge in [0.1, 0.15) is 4.99 Å². The molecule has 1 rings (SSSR count). The van der Waals surface area contributed by atoms with Gasteiger partial charge in [-0.3, -0.25) is 10.3 Å². The van der Waals surface area contributed by atoms with E-state index in [9.17, 15) is 4.79 Å². The Morgan fingerprint density at radius 2 is 2.40 bits per heavy atom. The minimum atomic E-state index is -0.432. The number of aromatic nitrogens is 1. The Bertz CT molecular complexity index is 342. The highest BCUT2D eigenvalue weighted by atomic mass is 32.1. The maximum absolute atomic E-state index is 11.1. The van der Waals surface area contributed by atoms with Crippen molar-refractivity contribution in [2.45, 2.75) is 0 Å². The predicted octanol–water partition coefficient (Wildman–Crippen LogP) is 0.0486. The molecular weight excluding hydrogens is 214 g/mol. The van der Waals surface area contributed by atoms with E-state index < -0.39 is 6.03 Å². The lowest BCUT2D eigenvalue weighted by atomic mass is 10.3. The lowest BCUT2D eigenvalue weighted by Gasteiger charge is -2.06. The molecule has 1 aromatic heterocycles. The maximum atomic E-state index is 11.1. The highest BCUT2D eigenvalue weighted by molar-refractivity contribution is 7.80. The lowest BCUT2D eigenvalue weighted by Crippen LogP contribution is -2.40. The molecular formula is C9H11N3O2S. The molecule has 0 saturated heterocycles. The van der Waals surface area contributed by atoms with Gasteiger partial charge in [0.05, 0.1) is 6.61 Å². The molecule has 1 heterocycles. The van der Waals surface area contributed by atoms with Gasteiger partial charge in [0.25, 0.3) is 0 Å². The minimum Gasteiger partial charge on any atom is -0.395 e. The first-order valence-corrected chi connectivity index (χ1v) is 4.75. The third-order valence-electron chi connectivity index (χ3n) is 1.55. The molecule has 5 nitrogen and oxygen atoms in total. The molecule has 0 aliphatic rings. The van der Waals surface area contributed by atoms with Crippen molar-refractivity contribution in [3.8, 4) is 0 Å². The summed E-state index contributed by atoms with van der Waals surface area (Å²) in [7, 11) is 0. The van der Waals surface area contributed by atoms with E-state index in [-0.39, 0.29) is 13.2 Å². The van der Waals surface area contributed by atoms with Crippen molar-refractivity contribution in [1.82, 2.24) is 15.6 Å². The normalized spacial score (nSPS) is 9.40. The zero-order valence-electron chi connectivity index (χ0n) is 7.93. The molecule has 0 fully saturated rings. The number of carbonyl (C=O) groups is 1. The van der Waals surface area contributed by atoms with Gasteiger partial charge in [-0.1, -0.05) is 12.2 Å². The molecule has 0 spiro atoms. The maximum Gasteiger partial charge on any atom is 0.319 e. The van der Waals surface area contributed by atoms with E-state index in [0.29, 0.717) is 10.6 Å². The van der Waals surface area contributed by atoms with Crippen molar-refractivity contribution in [2.24, 2.45) is 0 Å². The van der Waals surface area contributed by atoms with E-state index >= 15 is 0 Å². The Labute approximate surface area is 92.5 Å². The van der Waals surface area contributed by atoms with Crippen molar-refractivity contribution >= 4 is 23.2 Å². The van der Waals surface area contributed by atoms with Gasteiger partial charge in [-0.25, -0.2) is 4.79 Å². The van der Waals surface area contributed by atoms with Crippen molar-refractivity contribution < 1.29 is 9.90 Å². The molecule has 80 valence electrons. The first kappa shape index (κ1) is 11.5. The number of hydrogen-bond donors (Lipinski definition) is 3. The van der Waals surface area contributed by atoms with Crippen LogP contribution >= 0.6 is 12.2 Å². The second-order valence-corrected chi connectivity index (χ2v) is 3.08. The van der Waals surface area contributed by atoms with Crippen LogP contribution in [0.15, 0.2) is 24.5 Å².